The summed E-state index contributed by atoms with van der Waals surface area (Å²) < 4.78 is 0. The molecule has 0 bridgehead atoms. The molecule has 14 heavy (non-hydrogen) atoms. The van der Waals surface area contributed by atoms with Gasteiger partial charge in [0.2, 0.25) is 0 Å². The Morgan fingerprint density at radius 3 is 2.29 bits per heavy atom. The van der Waals surface area contributed by atoms with Gasteiger partial charge in [0.15, 0.2) is 0 Å². The molecule has 2 aliphatic carbocycles. The first-order valence-electron chi connectivity index (χ1n) is 6.07. The van der Waals surface area contributed by atoms with E-state index in [1.165, 1.54) is 57.1 Å². The van der Waals surface area contributed by atoms with E-state index >= 15 is 0 Å². The van der Waals surface area contributed by atoms with E-state index in [4.69, 9.17) is 0 Å². The molecule has 2 fully saturated rings. The molecule has 0 amide bonds. The van der Waals surface area contributed by atoms with Crippen LogP contribution in [0.1, 0.15) is 51.4 Å². The molecule has 0 unspecified atom stereocenters. The fraction of sp³-hybridized carbons (Fsp3) is 1.00. The lowest BCUT2D eigenvalue weighted by atomic mass is 9.72. The fourth-order valence-corrected chi connectivity index (χ4v) is 4.78. The number of rotatable bonds is 4. The first kappa shape index (κ1) is 11.2. The topological polar surface area (TPSA) is 0 Å². The zero-order chi connectivity index (χ0) is 9.86. The average Bonchev–Trinajstić information content (AvgIpc) is 2.19. The maximum atomic E-state index is 4.52. The van der Waals surface area contributed by atoms with Gasteiger partial charge in [-0.3, -0.25) is 0 Å². The summed E-state index contributed by atoms with van der Waals surface area (Å²) in [4.78, 5) is 0. The third kappa shape index (κ3) is 2.63. The van der Waals surface area contributed by atoms with Gasteiger partial charge in [0, 0.05) is 5.25 Å². The van der Waals surface area contributed by atoms with E-state index in [0.717, 1.165) is 11.0 Å². The maximum absolute atomic E-state index is 4.52. The highest BCUT2D eigenvalue weighted by Gasteiger charge is 2.36. The van der Waals surface area contributed by atoms with E-state index in [2.05, 4.69) is 24.4 Å². The van der Waals surface area contributed by atoms with Crippen LogP contribution < -0.4 is 0 Å². The van der Waals surface area contributed by atoms with Crippen LogP contribution in [-0.2, 0) is 0 Å². The summed E-state index contributed by atoms with van der Waals surface area (Å²) in [6, 6.07) is 0. The van der Waals surface area contributed by atoms with E-state index in [9.17, 15) is 0 Å². The largest absolute Gasteiger partial charge is 0.179 e. The zero-order valence-electron chi connectivity index (χ0n) is 9.00. The summed E-state index contributed by atoms with van der Waals surface area (Å²) >= 11 is 6.77. The Morgan fingerprint density at radius 2 is 1.79 bits per heavy atom. The lowest BCUT2D eigenvalue weighted by Crippen LogP contribution is -2.34. The highest BCUT2D eigenvalue weighted by atomic mass is 32.2. The Bertz CT molecular complexity index is 164. The van der Waals surface area contributed by atoms with Crippen molar-refractivity contribution >= 4 is 24.4 Å². The second-order valence-corrected chi connectivity index (χ2v) is 6.69. The van der Waals surface area contributed by atoms with Gasteiger partial charge in [0.1, 0.15) is 0 Å². The molecule has 0 radical (unpaired) electrons. The number of hydrogen-bond acceptors (Lipinski definition) is 2. The molecule has 0 aliphatic heterocycles. The first-order chi connectivity index (χ1) is 6.85. The molecule has 2 heteroatoms. The van der Waals surface area contributed by atoms with E-state index in [0.29, 0.717) is 5.41 Å². The van der Waals surface area contributed by atoms with Crippen molar-refractivity contribution in [3.63, 3.8) is 0 Å². The van der Waals surface area contributed by atoms with Crippen molar-refractivity contribution in [1.82, 2.24) is 0 Å². The van der Waals surface area contributed by atoms with Crippen LogP contribution in [0.4, 0.5) is 0 Å². The smallest absolute Gasteiger partial charge is 0.00472 e. The minimum atomic E-state index is 0.644. The van der Waals surface area contributed by atoms with Crippen LogP contribution >= 0.6 is 24.4 Å². The molecular weight excluding hydrogens is 208 g/mol. The molecule has 0 aromatic carbocycles. The van der Waals surface area contributed by atoms with Crippen LogP contribution in [0, 0.1) is 5.41 Å². The molecule has 0 saturated heterocycles. The Balaban J connectivity index is 1.69. The average molecular weight is 230 g/mol. The van der Waals surface area contributed by atoms with E-state index in [1.807, 2.05) is 0 Å². The predicted molar refractivity (Wildman–Crippen MR) is 69.5 cm³/mol. The lowest BCUT2D eigenvalue weighted by Gasteiger charge is -2.41. The van der Waals surface area contributed by atoms with E-state index in [1.54, 1.807) is 0 Å². The molecule has 0 spiro atoms. The Kier molecular flexibility index (Phi) is 4.12. The molecule has 2 aliphatic rings. The van der Waals surface area contributed by atoms with Crippen molar-refractivity contribution in [2.75, 3.05) is 11.5 Å². The quantitative estimate of drug-likeness (QED) is 0.708. The van der Waals surface area contributed by atoms with Crippen molar-refractivity contribution < 1.29 is 0 Å². The van der Waals surface area contributed by atoms with Crippen molar-refractivity contribution in [1.29, 1.82) is 0 Å². The Hall–Kier alpha value is 0.700. The van der Waals surface area contributed by atoms with Gasteiger partial charge >= 0.3 is 0 Å². The molecule has 0 nitrogen and oxygen atoms in total. The lowest BCUT2D eigenvalue weighted by molar-refractivity contribution is 0.205. The van der Waals surface area contributed by atoms with Gasteiger partial charge in [-0.15, -0.1) is 0 Å². The summed E-state index contributed by atoms with van der Waals surface area (Å²) in [7, 11) is 0. The van der Waals surface area contributed by atoms with Crippen LogP contribution in [0.5, 0.6) is 0 Å². The third-order valence-corrected chi connectivity index (χ3v) is 6.32. The predicted octanol–water partition coefficient (Wildman–Crippen LogP) is 4.15. The van der Waals surface area contributed by atoms with Crippen molar-refractivity contribution in [2.24, 2.45) is 5.41 Å². The van der Waals surface area contributed by atoms with Crippen LogP contribution in [0.15, 0.2) is 0 Å². The Morgan fingerprint density at radius 1 is 1.07 bits per heavy atom. The summed E-state index contributed by atoms with van der Waals surface area (Å²) in [5.74, 6) is 2.51. The minimum absolute atomic E-state index is 0.644. The molecule has 0 aromatic heterocycles. The van der Waals surface area contributed by atoms with Crippen molar-refractivity contribution in [3.05, 3.63) is 0 Å². The molecule has 2 rings (SSSR count). The van der Waals surface area contributed by atoms with Gasteiger partial charge < -0.3 is 0 Å². The minimum Gasteiger partial charge on any atom is -0.179 e. The number of thioether (sulfide) groups is 1. The molecule has 2 saturated carbocycles. The monoisotopic (exact) mass is 230 g/mol. The highest BCUT2D eigenvalue weighted by Crippen LogP contribution is 2.46. The maximum Gasteiger partial charge on any atom is 0.00472 e. The Labute approximate surface area is 98.0 Å². The van der Waals surface area contributed by atoms with Gasteiger partial charge in [0.25, 0.3) is 0 Å². The van der Waals surface area contributed by atoms with Crippen molar-refractivity contribution in [2.45, 2.75) is 56.6 Å². The van der Waals surface area contributed by atoms with Gasteiger partial charge in [-0.05, 0) is 42.6 Å². The summed E-state index contributed by atoms with van der Waals surface area (Å²) in [6.45, 7) is 0. The first-order valence-corrected chi connectivity index (χ1v) is 7.75. The molecule has 0 aromatic rings. The number of thiol groups is 1. The normalized spacial score (nSPS) is 27.2. The van der Waals surface area contributed by atoms with E-state index in [-0.39, 0.29) is 0 Å². The second kappa shape index (κ2) is 5.16. The molecular formula is C12H22S2. The van der Waals surface area contributed by atoms with Gasteiger partial charge in [0.05, 0.1) is 0 Å². The summed E-state index contributed by atoms with van der Waals surface area (Å²) in [5, 5.41) is 0.987. The zero-order valence-corrected chi connectivity index (χ0v) is 10.7. The SMILES string of the molecule is SCC1(CSC2CCCCC2)CCC1. The molecule has 82 valence electrons. The second-order valence-electron chi connectivity index (χ2n) is 5.08. The van der Waals surface area contributed by atoms with Crippen LogP contribution in [0.25, 0.3) is 0 Å². The third-order valence-electron chi connectivity index (χ3n) is 3.93. The molecule has 0 N–H and O–H groups in total. The van der Waals surface area contributed by atoms with Gasteiger partial charge in [-0.1, -0.05) is 25.7 Å². The van der Waals surface area contributed by atoms with Crippen LogP contribution in [0.3, 0.4) is 0 Å². The fourth-order valence-electron chi connectivity index (χ4n) is 2.55. The summed E-state index contributed by atoms with van der Waals surface area (Å²) in [6.07, 6.45) is 11.7. The van der Waals surface area contributed by atoms with Crippen LogP contribution in [-0.4, -0.2) is 16.8 Å². The van der Waals surface area contributed by atoms with Crippen LogP contribution in [0.2, 0.25) is 0 Å². The van der Waals surface area contributed by atoms with Gasteiger partial charge in [-0.25, -0.2) is 0 Å². The standard InChI is InChI=1S/C12H22S2/c13-9-12(7-4-8-12)10-14-11-5-2-1-3-6-11/h11,13H,1-10H2. The highest BCUT2D eigenvalue weighted by molar-refractivity contribution is 7.99. The molecule has 0 heterocycles. The van der Waals surface area contributed by atoms with E-state index < -0.39 is 0 Å². The summed E-state index contributed by atoms with van der Waals surface area (Å²) in [5.41, 5.74) is 0.644. The number of hydrogen-bond donors (Lipinski definition) is 1. The molecule has 0 atom stereocenters. The van der Waals surface area contributed by atoms with Gasteiger partial charge in [-0.2, -0.15) is 24.4 Å². The van der Waals surface area contributed by atoms with Crippen molar-refractivity contribution in [3.8, 4) is 0 Å².